The third kappa shape index (κ3) is 2.03. The standard InChI is InChI=1S/C12H13NO2S/c1-15-9-2-3-11(14)10(6-9)12(13)8-4-5-16-7-8/h2-7,12,14H,13H2,1H3/t12-/m1/s1. The summed E-state index contributed by atoms with van der Waals surface area (Å²) < 4.78 is 5.11. The predicted molar refractivity (Wildman–Crippen MR) is 65.0 cm³/mol. The summed E-state index contributed by atoms with van der Waals surface area (Å²) in [5.41, 5.74) is 7.75. The van der Waals surface area contributed by atoms with Crippen LogP contribution in [0.1, 0.15) is 17.2 Å². The lowest BCUT2D eigenvalue weighted by Gasteiger charge is -2.13. The minimum Gasteiger partial charge on any atom is -0.508 e. The molecule has 0 amide bonds. The molecule has 0 unspecified atom stereocenters. The first-order chi connectivity index (χ1) is 7.72. The van der Waals surface area contributed by atoms with Crippen molar-refractivity contribution in [2.75, 3.05) is 7.11 Å². The highest BCUT2D eigenvalue weighted by Crippen LogP contribution is 2.31. The number of thiophene rings is 1. The Kier molecular flexibility index (Phi) is 3.12. The Morgan fingerprint density at radius 2 is 2.19 bits per heavy atom. The van der Waals surface area contributed by atoms with E-state index in [2.05, 4.69) is 0 Å². The lowest BCUT2D eigenvalue weighted by atomic mass is 10.0. The zero-order chi connectivity index (χ0) is 11.5. The molecule has 1 atom stereocenters. The van der Waals surface area contributed by atoms with E-state index in [-0.39, 0.29) is 11.8 Å². The molecule has 4 heteroatoms. The van der Waals surface area contributed by atoms with Gasteiger partial charge in [-0.05, 0) is 40.6 Å². The summed E-state index contributed by atoms with van der Waals surface area (Å²) in [6.07, 6.45) is 0. The topological polar surface area (TPSA) is 55.5 Å². The highest BCUT2D eigenvalue weighted by atomic mass is 32.1. The third-order valence-electron chi connectivity index (χ3n) is 2.47. The summed E-state index contributed by atoms with van der Waals surface area (Å²) in [4.78, 5) is 0. The van der Waals surface area contributed by atoms with Gasteiger partial charge < -0.3 is 15.6 Å². The molecule has 3 nitrogen and oxygen atoms in total. The van der Waals surface area contributed by atoms with Gasteiger partial charge in [-0.15, -0.1) is 0 Å². The van der Waals surface area contributed by atoms with E-state index in [0.29, 0.717) is 11.3 Å². The molecule has 0 aliphatic heterocycles. The smallest absolute Gasteiger partial charge is 0.120 e. The largest absolute Gasteiger partial charge is 0.508 e. The Hall–Kier alpha value is -1.52. The second-order valence-corrected chi connectivity index (χ2v) is 4.24. The first kappa shape index (κ1) is 11.0. The number of ether oxygens (including phenoxy) is 1. The Morgan fingerprint density at radius 3 is 2.81 bits per heavy atom. The summed E-state index contributed by atoms with van der Waals surface area (Å²) in [6.45, 7) is 0. The van der Waals surface area contributed by atoms with Crippen LogP contribution in [0.5, 0.6) is 11.5 Å². The Labute approximate surface area is 98.1 Å². The molecule has 0 aliphatic carbocycles. The maximum absolute atomic E-state index is 9.77. The molecule has 3 N–H and O–H groups in total. The summed E-state index contributed by atoms with van der Waals surface area (Å²) in [6, 6.07) is 6.70. The van der Waals surface area contributed by atoms with Gasteiger partial charge >= 0.3 is 0 Å². The summed E-state index contributed by atoms with van der Waals surface area (Å²) in [5, 5.41) is 13.7. The first-order valence-corrected chi connectivity index (χ1v) is 5.81. The molecule has 1 aromatic carbocycles. The van der Waals surface area contributed by atoms with Gasteiger partial charge in [0.25, 0.3) is 0 Å². The summed E-state index contributed by atoms with van der Waals surface area (Å²) in [5.74, 6) is 0.887. The molecular weight excluding hydrogens is 222 g/mol. The first-order valence-electron chi connectivity index (χ1n) is 4.87. The molecule has 0 bridgehead atoms. The van der Waals surface area contributed by atoms with Crippen LogP contribution in [0.3, 0.4) is 0 Å². The van der Waals surface area contributed by atoms with Gasteiger partial charge in [0.15, 0.2) is 0 Å². The molecule has 0 fully saturated rings. The average molecular weight is 235 g/mol. The maximum Gasteiger partial charge on any atom is 0.120 e. The molecule has 0 spiro atoms. The quantitative estimate of drug-likeness (QED) is 0.859. The lowest BCUT2D eigenvalue weighted by molar-refractivity contribution is 0.410. The van der Waals surface area contributed by atoms with Crippen LogP contribution in [-0.4, -0.2) is 12.2 Å². The monoisotopic (exact) mass is 235 g/mol. The van der Waals surface area contributed by atoms with Crippen molar-refractivity contribution in [3.63, 3.8) is 0 Å². The minimum absolute atomic E-state index is 0.194. The lowest BCUT2D eigenvalue weighted by Crippen LogP contribution is -2.11. The second kappa shape index (κ2) is 4.55. The van der Waals surface area contributed by atoms with Crippen LogP contribution < -0.4 is 10.5 Å². The molecule has 16 heavy (non-hydrogen) atoms. The summed E-state index contributed by atoms with van der Waals surface area (Å²) >= 11 is 1.59. The number of benzene rings is 1. The Balaban J connectivity index is 2.39. The molecule has 1 heterocycles. The molecule has 0 saturated heterocycles. The van der Waals surface area contributed by atoms with Crippen molar-refractivity contribution >= 4 is 11.3 Å². The van der Waals surface area contributed by atoms with E-state index >= 15 is 0 Å². The fourth-order valence-electron chi connectivity index (χ4n) is 1.54. The highest BCUT2D eigenvalue weighted by Gasteiger charge is 2.14. The van der Waals surface area contributed by atoms with E-state index in [4.69, 9.17) is 10.5 Å². The highest BCUT2D eigenvalue weighted by molar-refractivity contribution is 7.08. The van der Waals surface area contributed by atoms with Crippen molar-refractivity contribution in [2.45, 2.75) is 6.04 Å². The van der Waals surface area contributed by atoms with E-state index in [1.807, 2.05) is 16.8 Å². The molecule has 0 radical (unpaired) electrons. The number of rotatable bonds is 3. The number of methoxy groups -OCH3 is 1. The number of hydrogen-bond acceptors (Lipinski definition) is 4. The SMILES string of the molecule is COc1ccc(O)c([C@H](N)c2ccsc2)c1. The molecule has 1 aromatic heterocycles. The molecule has 2 aromatic rings. The Morgan fingerprint density at radius 1 is 1.38 bits per heavy atom. The van der Waals surface area contributed by atoms with Crippen LogP contribution in [0.2, 0.25) is 0 Å². The predicted octanol–water partition coefficient (Wildman–Crippen LogP) is 2.51. The van der Waals surface area contributed by atoms with Gasteiger partial charge in [0, 0.05) is 5.56 Å². The molecule has 84 valence electrons. The van der Waals surface area contributed by atoms with Crippen molar-refractivity contribution < 1.29 is 9.84 Å². The molecular formula is C12H13NO2S. The Bertz CT molecular complexity index is 468. The summed E-state index contributed by atoms with van der Waals surface area (Å²) in [7, 11) is 1.59. The van der Waals surface area contributed by atoms with Crippen LogP contribution in [0.4, 0.5) is 0 Å². The van der Waals surface area contributed by atoms with Gasteiger partial charge in [0.2, 0.25) is 0 Å². The fraction of sp³-hybridized carbons (Fsp3) is 0.167. The number of phenolic OH excluding ortho intramolecular Hbond substituents is 1. The third-order valence-corrected chi connectivity index (χ3v) is 3.17. The van der Waals surface area contributed by atoms with E-state index in [1.165, 1.54) is 0 Å². The van der Waals surface area contributed by atoms with Gasteiger partial charge in [-0.1, -0.05) is 0 Å². The normalized spacial score (nSPS) is 12.4. The van der Waals surface area contributed by atoms with Gasteiger partial charge in [-0.25, -0.2) is 0 Å². The number of hydrogen-bond donors (Lipinski definition) is 2. The van der Waals surface area contributed by atoms with E-state index in [9.17, 15) is 5.11 Å². The van der Waals surface area contributed by atoms with Crippen LogP contribution in [0.15, 0.2) is 35.0 Å². The van der Waals surface area contributed by atoms with Crippen LogP contribution in [0, 0.1) is 0 Å². The maximum atomic E-state index is 9.77. The molecule has 0 saturated carbocycles. The van der Waals surface area contributed by atoms with Crippen LogP contribution in [-0.2, 0) is 0 Å². The van der Waals surface area contributed by atoms with Crippen molar-refractivity contribution in [1.82, 2.24) is 0 Å². The van der Waals surface area contributed by atoms with Gasteiger partial charge in [-0.2, -0.15) is 11.3 Å². The number of phenols is 1. The van der Waals surface area contributed by atoms with E-state index < -0.39 is 0 Å². The van der Waals surface area contributed by atoms with Crippen molar-refractivity contribution in [3.05, 3.63) is 46.2 Å². The van der Waals surface area contributed by atoms with Gasteiger partial charge in [0.05, 0.1) is 13.2 Å². The van der Waals surface area contributed by atoms with Crippen LogP contribution in [0.25, 0.3) is 0 Å². The minimum atomic E-state index is -0.318. The number of nitrogens with two attached hydrogens (primary N) is 1. The molecule has 0 aliphatic rings. The zero-order valence-corrected chi connectivity index (χ0v) is 9.70. The van der Waals surface area contributed by atoms with Crippen molar-refractivity contribution in [3.8, 4) is 11.5 Å². The van der Waals surface area contributed by atoms with Gasteiger partial charge in [0.1, 0.15) is 11.5 Å². The van der Waals surface area contributed by atoms with Gasteiger partial charge in [-0.3, -0.25) is 0 Å². The second-order valence-electron chi connectivity index (χ2n) is 3.46. The zero-order valence-electron chi connectivity index (χ0n) is 8.88. The van der Waals surface area contributed by atoms with E-state index in [0.717, 1.165) is 5.56 Å². The fourth-order valence-corrected chi connectivity index (χ4v) is 2.24. The van der Waals surface area contributed by atoms with Crippen molar-refractivity contribution in [1.29, 1.82) is 0 Å². The number of aromatic hydroxyl groups is 1. The van der Waals surface area contributed by atoms with Crippen LogP contribution >= 0.6 is 11.3 Å². The van der Waals surface area contributed by atoms with E-state index in [1.54, 1.807) is 36.6 Å². The van der Waals surface area contributed by atoms with Crippen molar-refractivity contribution in [2.24, 2.45) is 5.73 Å². The average Bonchev–Trinajstić information content (AvgIpc) is 2.82. The molecule has 2 rings (SSSR count).